The van der Waals surface area contributed by atoms with Crippen LogP contribution in [0.5, 0.6) is 0 Å². The first kappa shape index (κ1) is 43.1. The predicted molar refractivity (Wildman–Crippen MR) is 292 cm³/mol. The maximum atomic E-state index is 14.2. The van der Waals surface area contributed by atoms with Gasteiger partial charge in [0.15, 0.2) is 28.6 Å². The van der Waals surface area contributed by atoms with Gasteiger partial charge in [-0.3, -0.25) is 14.4 Å². The summed E-state index contributed by atoms with van der Waals surface area (Å²) in [6, 6.07) is 32.4. The smallest absolute Gasteiger partial charge is 0.197 e. The second-order valence-electron chi connectivity index (χ2n) is 21.6. The van der Waals surface area contributed by atoms with E-state index in [1.54, 1.807) is 28.7 Å². The number of aliphatic hydroxyl groups excluding tert-OH is 1. The largest absolute Gasteiger partial charge is 0.481 e. The van der Waals surface area contributed by atoms with Gasteiger partial charge in [-0.1, -0.05) is 73.5 Å². The van der Waals surface area contributed by atoms with Crippen LogP contribution in [-0.2, 0) is 20.7 Å². The summed E-state index contributed by atoms with van der Waals surface area (Å²) in [6.45, 7) is 0. The van der Waals surface area contributed by atoms with E-state index in [1.165, 1.54) is 0 Å². The minimum atomic E-state index is -1.06. The Morgan fingerprint density at radius 1 is 0.500 bits per heavy atom. The monoisotopic (exact) mass is 1000 g/mol. The number of nitrogens with zero attached hydrogens (tertiary/aromatic N) is 2. The van der Waals surface area contributed by atoms with Crippen molar-refractivity contribution in [3.63, 3.8) is 0 Å². The molecule has 6 aliphatic carbocycles. The van der Waals surface area contributed by atoms with Crippen LogP contribution in [0.3, 0.4) is 0 Å². The number of aliphatic hydroxyl groups is 1. The number of hydrogen-bond donors (Lipinski definition) is 1. The van der Waals surface area contributed by atoms with Crippen LogP contribution in [0, 0.1) is 11.8 Å². The van der Waals surface area contributed by atoms with Crippen molar-refractivity contribution in [2.24, 2.45) is 11.8 Å². The standard InChI is InChI=1S/C64H46N2O6S2/c67-55-43-23-37-19-33-11-3-4-12-34(33)20-38(37)24-44(43)56(68)49(55)31-53-65-61-59(73-53)47-27-42-30-52-48(28-41(42)29-51(47)71-63(61)15-7-1-8-16-63)60-62(64(72-52)17-9-2-10-18-64)66-54(74-60)32-50-57(69)45-25-39-21-35-13-5-6-14-36(35)22-40(39)26-46(45)58(50)70/h3-6,11-14,19-32,41-42,55,67H,1-2,7-10,15-18H2/b49-31+. The third-order valence-electron chi connectivity index (χ3n) is 17.3. The second kappa shape index (κ2) is 15.6. The number of ether oxygens (including phenoxy) is 2. The topological polar surface area (TPSA) is 116 Å². The molecule has 16 rings (SSSR count). The summed E-state index contributed by atoms with van der Waals surface area (Å²) in [7, 11) is 0. The SMILES string of the molecule is O=C1C(=Cc2nc3c(s2)C2=CC4C=C5OC6(CCCCC6)c6nc(/C=C7/C(=O)c8cc9cc%10ccccc%10cc9cc8C7O)sc6C5=CC4C=C2OC32CCCCC2)C(=O)c2cc3cc4ccccc4cc3cc21. The molecule has 3 unspecified atom stereocenters. The molecule has 2 saturated carbocycles. The van der Waals surface area contributed by atoms with Gasteiger partial charge in [-0.15, -0.1) is 22.7 Å². The van der Waals surface area contributed by atoms with Crippen molar-refractivity contribution < 1.29 is 29.0 Å². The van der Waals surface area contributed by atoms with Crippen molar-refractivity contribution in [3.05, 3.63) is 197 Å². The highest BCUT2D eigenvalue weighted by atomic mass is 32.1. The lowest BCUT2D eigenvalue weighted by Gasteiger charge is -2.45. The van der Waals surface area contributed by atoms with E-state index in [0.29, 0.717) is 37.8 Å². The molecule has 3 atom stereocenters. The van der Waals surface area contributed by atoms with E-state index in [-0.39, 0.29) is 34.8 Å². The Labute approximate surface area is 433 Å². The Hall–Kier alpha value is -7.37. The lowest BCUT2D eigenvalue weighted by atomic mass is 9.73. The van der Waals surface area contributed by atoms with Gasteiger partial charge in [-0.05, 0) is 173 Å². The number of rotatable bonds is 2. The first-order valence-electron chi connectivity index (χ1n) is 26.1. The normalized spacial score (nSPS) is 23.4. The Bertz CT molecular complexity index is 4070. The molecule has 8 aromatic rings. The molecule has 0 bridgehead atoms. The van der Waals surface area contributed by atoms with E-state index in [9.17, 15) is 19.5 Å². The number of aromatic nitrogens is 2. The quantitative estimate of drug-likeness (QED) is 0.103. The van der Waals surface area contributed by atoms with Crippen LogP contribution in [0.1, 0.15) is 138 Å². The molecule has 0 amide bonds. The van der Waals surface area contributed by atoms with Gasteiger partial charge < -0.3 is 14.6 Å². The number of thiazole rings is 2. The average Bonchev–Trinajstić information content (AvgIpc) is 4.18. The zero-order valence-electron chi connectivity index (χ0n) is 40.2. The molecule has 2 aromatic heterocycles. The molecule has 8 nitrogen and oxygen atoms in total. The Kier molecular flexibility index (Phi) is 9.07. The Morgan fingerprint density at radius 3 is 1.41 bits per heavy atom. The van der Waals surface area contributed by atoms with E-state index in [2.05, 4.69) is 72.8 Å². The van der Waals surface area contributed by atoms with Gasteiger partial charge in [0.1, 0.15) is 39.0 Å². The molecular formula is C64H46N2O6S2. The molecule has 360 valence electrons. The lowest BCUT2D eigenvalue weighted by molar-refractivity contribution is -0.0374. The van der Waals surface area contributed by atoms with Crippen LogP contribution in [0.4, 0.5) is 0 Å². The molecule has 2 aliphatic heterocycles. The van der Waals surface area contributed by atoms with Crippen LogP contribution in [0.25, 0.3) is 66.4 Å². The third kappa shape index (κ3) is 6.25. The van der Waals surface area contributed by atoms with Gasteiger partial charge in [0.2, 0.25) is 0 Å². The van der Waals surface area contributed by atoms with Crippen LogP contribution >= 0.6 is 22.7 Å². The molecule has 8 aliphatic rings. The molecule has 4 heterocycles. The van der Waals surface area contributed by atoms with Gasteiger partial charge >= 0.3 is 0 Å². The summed E-state index contributed by atoms with van der Waals surface area (Å²) in [4.78, 5) is 55.2. The fraction of sp³-hybridized carbons (Fsp3) is 0.234. The number of Topliss-reactive ketones (excluding diaryl/α,β-unsaturated/α-hetero) is 3. The molecular weight excluding hydrogens is 957 g/mol. The molecule has 6 aromatic carbocycles. The van der Waals surface area contributed by atoms with Crippen molar-refractivity contribution in [1.82, 2.24) is 9.97 Å². The van der Waals surface area contributed by atoms with E-state index >= 15 is 0 Å². The van der Waals surface area contributed by atoms with Gasteiger partial charge in [-0.25, -0.2) is 9.97 Å². The van der Waals surface area contributed by atoms with Crippen LogP contribution in [0.2, 0.25) is 0 Å². The summed E-state index contributed by atoms with van der Waals surface area (Å²) in [5.74, 6) is 0.965. The highest BCUT2D eigenvalue weighted by molar-refractivity contribution is 7.14. The van der Waals surface area contributed by atoms with Crippen molar-refractivity contribution in [3.8, 4) is 0 Å². The maximum Gasteiger partial charge on any atom is 0.197 e. The number of allylic oxidation sites excluding steroid dienone is 7. The fourth-order valence-electron chi connectivity index (χ4n) is 13.6. The van der Waals surface area contributed by atoms with Crippen LogP contribution in [-0.4, -0.2) is 32.4 Å². The lowest BCUT2D eigenvalue weighted by Crippen LogP contribution is -2.38. The highest BCUT2D eigenvalue weighted by Gasteiger charge is 2.50. The number of carbonyl (C=O) groups is 3. The van der Waals surface area contributed by atoms with E-state index in [0.717, 1.165) is 151 Å². The molecule has 10 heteroatoms. The first-order chi connectivity index (χ1) is 36.2. The fourth-order valence-corrected chi connectivity index (χ4v) is 15.8. The molecule has 0 radical (unpaired) electrons. The molecule has 2 fully saturated rings. The molecule has 2 spiro atoms. The summed E-state index contributed by atoms with van der Waals surface area (Å²) in [5.41, 5.74) is 5.19. The van der Waals surface area contributed by atoms with E-state index in [4.69, 9.17) is 19.4 Å². The summed E-state index contributed by atoms with van der Waals surface area (Å²) >= 11 is 3.12. The average molecular weight is 1000 g/mol. The summed E-state index contributed by atoms with van der Waals surface area (Å²) < 4.78 is 14.5. The van der Waals surface area contributed by atoms with Crippen molar-refractivity contribution in [1.29, 1.82) is 0 Å². The zero-order chi connectivity index (χ0) is 49.2. The van der Waals surface area contributed by atoms with Gasteiger partial charge in [0.25, 0.3) is 0 Å². The van der Waals surface area contributed by atoms with Crippen molar-refractivity contribution >= 4 is 106 Å². The zero-order valence-corrected chi connectivity index (χ0v) is 41.8. The maximum absolute atomic E-state index is 14.2. The Balaban J connectivity index is 0.756. The van der Waals surface area contributed by atoms with E-state index in [1.807, 2.05) is 54.6 Å². The van der Waals surface area contributed by atoms with Gasteiger partial charge in [0.05, 0.1) is 15.3 Å². The second-order valence-corrected chi connectivity index (χ2v) is 23.7. The highest BCUT2D eigenvalue weighted by Crippen LogP contribution is 2.58. The van der Waals surface area contributed by atoms with Crippen LogP contribution in [0.15, 0.2) is 144 Å². The number of benzene rings is 6. The number of ketones is 3. The number of fused-ring (bicyclic) bond motifs is 15. The molecule has 74 heavy (non-hydrogen) atoms. The minimum Gasteiger partial charge on any atom is -0.481 e. The van der Waals surface area contributed by atoms with Gasteiger partial charge in [0, 0.05) is 45.2 Å². The number of carbonyl (C=O) groups excluding carboxylic acids is 3. The molecule has 1 N–H and O–H groups in total. The third-order valence-corrected chi connectivity index (χ3v) is 19.4. The Morgan fingerprint density at radius 2 is 0.932 bits per heavy atom. The van der Waals surface area contributed by atoms with Gasteiger partial charge in [-0.2, -0.15) is 0 Å². The predicted octanol–water partition coefficient (Wildman–Crippen LogP) is 14.9. The first-order valence-corrected chi connectivity index (χ1v) is 27.8. The molecule has 0 saturated heterocycles. The van der Waals surface area contributed by atoms with E-state index < -0.39 is 17.3 Å². The van der Waals surface area contributed by atoms with Crippen molar-refractivity contribution in [2.45, 2.75) is 81.5 Å². The number of hydrogen-bond acceptors (Lipinski definition) is 10. The summed E-state index contributed by atoms with van der Waals surface area (Å²) in [5, 5.41) is 21.4. The van der Waals surface area contributed by atoms with Crippen molar-refractivity contribution in [2.75, 3.05) is 0 Å². The summed E-state index contributed by atoms with van der Waals surface area (Å²) in [6.07, 6.45) is 21.4. The van der Waals surface area contributed by atoms with Crippen LogP contribution < -0.4 is 0 Å². The minimum absolute atomic E-state index is 0.0242.